The molecule has 0 spiro atoms. The molecular formula is C17H24O2. The van der Waals surface area contributed by atoms with E-state index in [0.29, 0.717) is 5.78 Å². The van der Waals surface area contributed by atoms with E-state index in [-0.39, 0.29) is 12.0 Å². The molecule has 19 heavy (non-hydrogen) atoms. The molecule has 104 valence electrons. The molecule has 0 aromatic heterocycles. The van der Waals surface area contributed by atoms with Crippen LogP contribution in [0, 0.1) is 0 Å². The summed E-state index contributed by atoms with van der Waals surface area (Å²) in [5.74, 6) is 0.475. The molecule has 1 unspecified atom stereocenters. The van der Waals surface area contributed by atoms with Crippen molar-refractivity contribution in [3.8, 4) is 0 Å². The zero-order valence-electron chi connectivity index (χ0n) is 11.8. The number of aliphatic hydroxyl groups excluding tert-OH is 1. The molecule has 0 bridgehead atoms. The van der Waals surface area contributed by atoms with Gasteiger partial charge in [0, 0.05) is 12.3 Å². The molecule has 1 aromatic rings. The molecule has 0 amide bonds. The maximum atomic E-state index is 11.7. The number of hydrogen-bond donors (Lipinski definition) is 1. The van der Waals surface area contributed by atoms with Crippen LogP contribution < -0.4 is 0 Å². The predicted molar refractivity (Wildman–Crippen MR) is 77.1 cm³/mol. The summed E-state index contributed by atoms with van der Waals surface area (Å²) in [6.45, 7) is 2.17. The fourth-order valence-corrected chi connectivity index (χ4v) is 2.87. The average molecular weight is 260 g/mol. The van der Waals surface area contributed by atoms with E-state index in [4.69, 9.17) is 0 Å². The topological polar surface area (TPSA) is 37.3 Å². The first kappa shape index (κ1) is 14.3. The van der Waals surface area contributed by atoms with E-state index >= 15 is 0 Å². The Morgan fingerprint density at radius 1 is 1.26 bits per heavy atom. The van der Waals surface area contributed by atoms with Gasteiger partial charge in [-0.1, -0.05) is 50.5 Å². The van der Waals surface area contributed by atoms with Gasteiger partial charge in [0.15, 0.2) is 0 Å². The van der Waals surface area contributed by atoms with Crippen molar-refractivity contribution in [2.45, 2.75) is 63.9 Å². The van der Waals surface area contributed by atoms with Crippen molar-refractivity contribution in [2.24, 2.45) is 0 Å². The van der Waals surface area contributed by atoms with E-state index < -0.39 is 0 Å². The quantitative estimate of drug-likeness (QED) is 0.781. The molecule has 1 aliphatic carbocycles. The van der Waals surface area contributed by atoms with Crippen molar-refractivity contribution >= 4 is 5.78 Å². The third-order valence-corrected chi connectivity index (χ3v) is 4.11. The van der Waals surface area contributed by atoms with Gasteiger partial charge in [0.2, 0.25) is 0 Å². The third-order valence-electron chi connectivity index (χ3n) is 4.11. The number of aliphatic hydroxyl groups is 1. The van der Waals surface area contributed by atoms with Crippen molar-refractivity contribution in [2.75, 3.05) is 0 Å². The van der Waals surface area contributed by atoms with Crippen molar-refractivity contribution in [3.05, 3.63) is 35.4 Å². The molecule has 0 heterocycles. The lowest BCUT2D eigenvalue weighted by Gasteiger charge is -2.13. The Bertz CT molecular complexity index is 408. The summed E-state index contributed by atoms with van der Waals surface area (Å²) in [6.07, 6.45) is 6.62. The first-order valence-corrected chi connectivity index (χ1v) is 7.53. The van der Waals surface area contributed by atoms with Crippen LogP contribution in [0.5, 0.6) is 0 Å². The highest BCUT2D eigenvalue weighted by molar-refractivity contribution is 5.87. The van der Waals surface area contributed by atoms with Crippen LogP contribution >= 0.6 is 0 Å². The number of unbranched alkanes of at least 4 members (excludes halogenated alkanes) is 2. The lowest BCUT2D eigenvalue weighted by molar-refractivity contribution is -0.118. The fourth-order valence-electron chi connectivity index (χ4n) is 2.87. The van der Waals surface area contributed by atoms with E-state index in [2.05, 4.69) is 6.92 Å². The maximum absolute atomic E-state index is 11.7. The highest BCUT2D eigenvalue weighted by atomic mass is 16.3. The SMILES string of the molecule is CCCCCC(O)c1ccc([C@@H]2CCCC2=O)cc1. The number of carbonyl (C=O) groups excluding carboxylic acids is 1. The monoisotopic (exact) mass is 260 g/mol. The number of hydrogen-bond acceptors (Lipinski definition) is 2. The lowest BCUT2D eigenvalue weighted by Crippen LogP contribution is -2.05. The maximum Gasteiger partial charge on any atom is 0.140 e. The third kappa shape index (κ3) is 3.66. The Kier molecular flexibility index (Phi) is 5.15. The molecule has 0 radical (unpaired) electrons. The molecule has 2 rings (SSSR count). The summed E-state index contributed by atoms with van der Waals surface area (Å²) in [4.78, 5) is 11.7. The van der Waals surface area contributed by atoms with Crippen LogP contribution in [0.1, 0.15) is 75.0 Å². The summed E-state index contributed by atoms with van der Waals surface area (Å²) >= 11 is 0. The summed E-state index contributed by atoms with van der Waals surface area (Å²) < 4.78 is 0. The van der Waals surface area contributed by atoms with Crippen LogP contribution in [0.4, 0.5) is 0 Å². The number of carbonyl (C=O) groups is 1. The molecule has 1 fully saturated rings. The van der Waals surface area contributed by atoms with Gasteiger partial charge in [0.1, 0.15) is 5.78 Å². The molecule has 1 aromatic carbocycles. The second kappa shape index (κ2) is 6.85. The van der Waals surface area contributed by atoms with Gasteiger partial charge in [-0.25, -0.2) is 0 Å². The highest BCUT2D eigenvalue weighted by Gasteiger charge is 2.25. The van der Waals surface area contributed by atoms with Crippen molar-refractivity contribution in [1.82, 2.24) is 0 Å². The fraction of sp³-hybridized carbons (Fsp3) is 0.588. The van der Waals surface area contributed by atoms with E-state index in [1.807, 2.05) is 24.3 Å². The van der Waals surface area contributed by atoms with Crippen molar-refractivity contribution < 1.29 is 9.90 Å². The molecule has 0 aliphatic heterocycles. The van der Waals surface area contributed by atoms with Gasteiger partial charge >= 0.3 is 0 Å². The van der Waals surface area contributed by atoms with Crippen LogP contribution in [0.15, 0.2) is 24.3 Å². The Morgan fingerprint density at radius 2 is 2.00 bits per heavy atom. The largest absolute Gasteiger partial charge is 0.388 e. The molecule has 1 N–H and O–H groups in total. The van der Waals surface area contributed by atoms with Gasteiger partial charge in [-0.05, 0) is 30.4 Å². The van der Waals surface area contributed by atoms with E-state index in [9.17, 15) is 9.90 Å². The Hall–Kier alpha value is -1.15. The van der Waals surface area contributed by atoms with Crippen molar-refractivity contribution in [3.63, 3.8) is 0 Å². The van der Waals surface area contributed by atoms with Crippen LogP contribution in [0.2, 0.25) is 0 Å². The lowest BCUT2D eigenvalue weighted by atomic mass is 9.94. The second-order valence-electron chi connectivity index (χ2n) is 5.59. The Labute approximate surface area is 115 Å². The number of ketones is 1. The van der Waals surface area contributed by atoms with Gasteiger partial charge in [-0.3, -0.25) is 4.79 Å². The predicted octanol–water partition coefficient (Wildman–Crippen LogP) is 4.14. The van der Waals surface area contributed by atoms with Crippen LogP contribution in [0.25, 0.3) is 0 Å². The van der Waals surface area contributed by atoms with Crippen molar-refractivity contribution in [1.29, 1.82) is 0 Å². The normalized spacial score (nSPS) is 20.7. The standard InChI is InChI=1S/C17H24O2/c1-2-3-4-7-16(18)14-11-9-13(10-12-14)15-6-5-8-17(15)19/h9-12,15-16,18H,2-8H2,1H3/t15-,16?/m0/s1. The average Bonchev–Trinajstić information content (AvgIpc) is 2.85. The minimum absolute atomic E-state index is 0.103. The second-order valence-corrected chi connectivity index (χ2v) is 5.59. The molecule has 2 nitrogen and oxygen atoms in total. The number of rotatable bonds is 6. The molecule has 2 heteroatoms. The minimum atomic E-state index is -0.361. The van der Waals surface area contributed by atoms with Crippen LogP contribution in [-0.2, 0) is 4.79 Å². The zero-order valence-corrected chi connectivity index (χ0v) is 11.8. The van der Waals surface area contributed by atoms with Gasteiger partial charge in [0.25, 0.3) is 0 Å². The molecule has 1 saturated carbocycles. The van der Waals surface area contributed by atoms with Crippen LogP contribution in [0.3, 0.4) is 0 Å². The summed E-state index contributed by atoms with van der Waals surface area (Å²) in [6, 6.07) is 8.01. The first-order chi connectivity index (χ1) is 9.22. The van der Waals surface area contributed by atoms with Gasteiger partial charge in [0.05, 0.1) is 6.10 Å². The molecular weight excluding hydrogens is 236 g/mol. The van der Waals surface area contributed by atoms with Gasteiger partial charge in [-0.15, -0.1) is 0 Å². The van der Waals surface area contributed by atoms with Gasteiger partial charge in [-0.2, -0.15) is 0 Å². The Balaban J connectivity index is 1.95. The van der Waals surface area contributed by atoms with Gasteiger partial charge < -0.3 is 5.11 Å². The summed E-state index contributed by atoms with van der Waals surface area (Å²) in [7, 11) is 0. The first-order valence-electron chi connectivity index (χ1n) is 7.53. The van der Waals surface area contributed by atoms with Crippen LogP contribution in [-0.4, -0.2) is 10.9 Å². The van der Waals surface area contributed by atoms with E-state index in [1.54, 1.807) is 0 Å². The Morgan fingerprint density at radius 3 is 2.58 bits per heavy atom. The molecule has 0 saturated heterocycles. The smallest absolute Gasteiger partial charge is 0.140 e. The number of benzene rings is 1. The summed E-state index contributed by atoms with van der Waals surface area (Å²) in [5, 5.41) is 10.1. The van der Waals surface area contributed by atoms with E-state index in [0.717, 1.165) is 43.2 Å². The zero-order chi connectivity index (χ0) is 13.7. The highest BCUT2D eigenvalue weighted by Crippen LogP contribution is 2.32. The van der Waals surface area contributed by atoms with E-state index in [1.165, 1.54) is 12.8 Å². The minimum Gasteiger partial charge on any atom is -0.388 e. The summed E-state index contributed by atoms with van der Waals surface area (Å²) in [5.41, 5.74) is 2.09. The molecule has 1 aliphatic rings. The number of Topliss-reactive ketones (excluding diaryl/α,β-unsaturated/α-hetero) is 1. The molecule has 2 atom stereocenters.